The van der Waals surface area contributed by atoms with Crippen LogP contribution in [0.3, 0.4) is 0 Å². The van der Waals surface area contributed by atoms with E-state index in [4.69, 9.17) is 10.5 Å². The van der Waals surface area contributed by atoms with Crippen LogP contribution in [0.4, 0.5) is 5.82 Å². The first-order valence-corrected chi connectivity index (χ1v) is 11.1. The lowest BCUT2D eigenvalue weighted by molar-refractivity contribution is -0.122. The number of piperidine rings is 1. The zero-order valence-corrected chi connectivity index (χ0v) is 22.0. The summed E-state index contributed by atoms with van der Waals surface area (Å²) in [5.41, 5.74) is 7.79. The van der Waals surface area contributed by atoms with Crippen molar-refractivity contribution in [1.29, 1.82) is 0 Å². The van der Waals surface area contributed by atoms with Crippen LogP contribution in [0.15, 0.2) is 47.6 Å². The summed E-state index contributed by atoms with van der Waals surface area (Å²) in [6.45, 7) is 5.44. The molecule has 1 atom stereocenters. The Morgan fingerprint density at radius 1 is 1.33 bits per heavy atom. The van der Waals surface area contributed by atoms with Crippen LogP contribution in [0.1, 0.15) is 30.9 Å². The van der Waals surface area contributed by atoms with Crippen molar-refractivity contribution < 1.29 is 9.53 Å². The molecule has 1 aromatic heterocycles. The van der Waals surface area contributed by atoms with Gasteiger partial charge in [-0.05, 0) is 43.5 Å². The highest BCUT2D eigenvalue weighted by atomic mass is 127. The van der Waals surface area contributed by atoms with E-state index in [-0.39, 0.29) is 35.8 Å². The van der Waals surface area contributed by atoms with Gasteiger partial charge >= 0.3 is 0 Å². The number of hydrogen-bond donors (Lipinski definition) is 2. The SMILES string of the molecule is CCOc1ccc(CN(C)C(=NC)NCc2cccnc2N2CCCC(C(N)=O)C2)cc1.I. The molecule has 1 aliphatic heterocycles. The number of halogens is 1. The first-order valence-electron chi connectivity index (χ1n) is 11.1. The van der Waals surface area contributed by atoms with Gasteiger partial charge < -0.3 is 25.6 Å². The second kappa shape index (κ2) is 13.2. The van der Waals surface area contributed by atoms with Crippen LogP contribution in [-0.4, -0.2) is 55.5 Å². The first-order chi connectivity index (χ1) is 15.5. The van der Waals surface area contributed by atoms with Crippen molar-refractivity contribution in [3.63, 3.8) is 0 Å². The molecule has 0 bridgehead atoms. The van der Waals surface area contributed by atoms with E-state index in [1.54, 1.807) is 13.2 Å². The number of primary amides is 1. The third kappa shape index (κ3) is 7.48. The smallest absolute Gasteiger partial charge is 0.222 e. The van der Waals surface area contributed by atoms with Gasteiger partial charge in [0, 0.05) is 52.0 Å². The number of nitrogens with two attached hydrogens (primary N) is 1. The largest absolute Gasteiger partial charge is 0.494 e. The summed E-state index contributed by atoms with van der Waals surface area (Å²) in [7, 11) is 3.79. The van der Waals surface area contributed by atoms with Crippen molar-refractivity contribution >= 4 is 41.7 Å². The third-order valence-electron chi connectivity index (χ3n) is 5.66. The van der Waals surface area contributed by atoms with E-state index in [9.17, 15) is 4.79 Å². The monoisotopic (exact) mass is 566 g/mol. The molecule has 1 aliphatic rings. The summed E-state index contributed by atoms with van der Waals surface area (Å²) in [5, 5.41) is 3.44. The molecule has 8 nitrogen and oxygen atoms in total. The van der Waals surface area contributed by atoms with Crippen molar-refractivity contribution in [2.45, 2.75) is 32.9 Å². The fourth-order valence-electron chi connectivity index (χ4n) is 4.02. The molecule has 33 heavy (non-hydrogen) atoms. The molecule has 1 unspecified atom stereocenters. The van der Waals surface area contributed by atoms with E-state index >= 15 is 0 Å². The highest BCUT2D eigenvalue weighted by Crippen LogP contribution is 2.24. The Kier molecular flexibility index (Phi) is 10.7. The minimum atomic E-state index is -0.235. The normalized spacial score (nSPS) is 16.0. The Morgan fingerprint density at radius 2 is 2.09 bits per heavy atom. The summed E-state index contributed by atoms with van der Waals surface area (Å²) in [5.74, 6) is 2.21. The third-order valence-corrected chi connectivity index (χ3v) is 5.66. The molecular formula is C24H35IN6O2. The van der Waals surface area contributed by atoms with E-state index in [2.05, 4.69) is 43.3 Å². The summed E-state index contributed by atoms with van der Waals surface area (Å²) < 4.78 is 5.52. The maximum Gasteiger partial charge on any atom is 0.222 e. The molecule has 2 aromatic rings. The number of aliphatic imine (C=N–C) groups is 1. The number of rotatable bonds is 8. The molecular weight excluding hydrogens is 531 g/mol. The lowest BCUT2D eigenvalue weighted by Gasteiger charge is -2.33. The summed E-state index contributed by atoms with van der Waals surface area (Å²) in [6, 6.07) is 12.1. The number of benzene rings is 1. The molecule has 1 amide bonds. The zero-order chi connectivity index (χ0) is 22.9. The van der Waals surface area contributed by atoms with Crippen LogP contribution in [0.2, 0.25) is 0 Å². The molecule has 0 spiro atoms. The molecule has 1 aromatic carbocycles. The molecule has 2 heterocycles. The highest BCUT2D eigenvalue weighted by Gasteiger charge is 2.26. The second-order valence-corrected chi connectivity index (χ2v) is 8.01. The minimum Gasteiger partial charge on any atom is -0.494 e. The Labute approximate surface area is 213 Å². The van der Waals surface area contributed by atoms with Crippen LogP contribution in [-0.2, 0) is 17.9 Å². The molecule has 1 saturated heterocycles. The second-order valence-electron chi connectivity index (χ2n) is 8.01. The molecule has 0 radical (unpaired) electrons. The first kappa shape index (κ1) is 26.7. The van der Waals surface area contributed by atoms with Gasteiger partial charge in [-0.2, -0.15) is 0 Å². The zero-order valence-electron chi connectivity index (χ0n) is 19.7. The number of ether oxygens (including phenoxy) is 1. The van der Waals surface area contributed by atoms with Gasteiger partial charge in [0.15, 0.2) is 5.96 Å². The molecule has 1 fully saturated rings. The number of carbonyl (C=O) groups excluding carboxylic acids is 1. The Bertz CT molecular complexity index is 921. The standard InChI is InChI=1S/C24H34N6O2.HI/c1-4-32-21-11-9-18(10-12-21)16-29(3)24(26-2)28-15-19-7-5-13-27-23(19)30-14-6-8-20(17-30)22(25)31;/h5,7,9-13,20H,4,6,8,14-17H2,1-3H3,(H2,25,31)(H,26,28);1H. The van der Waals surface area contributed by atoms with Gasteiger partial charge in [-0.3, -0.25) is 9.79 Å². The van der Waals surface area contributed by atoms with Crippen LogP contribution >= 0.6 is 24.0 Å². The summed E-state index contributed by atoms with van der Waals surface area (Å²) in [4.78, 5) is 25.0. The number of amides is 1. The maximum atomic E-state index is 11.7. The number of hydrogen-bond acceptors (Lipinski definition) is 5. The van der Waals surface area contributed by atoms with Crippen LogP contribution in [0.25, 0.3) is 0 Å². The van der Waals surface area contributed by atoms with Crippen LogP contribution < -0.4 is 20.7 Å². The fraction of sp³-hybridized carbons (Fsp3) is 0.458. The van der Waals surface area contributed by atoms with Gasteiger partial charge in [-0.25, -0.2) is 4.98 Å². The predicted octanol–water partition coefficient (Wildman–Crippen LogP) is 3.01. The molecule has 3 rings (SSSR count). The lowest BCUT2D eigenvalue weighted by Crippen LogP contribution is -2.42. The van der Waals surface area contributed by atoms with Gasteiger partial charge in [0.05, 0.1) is 12.5 Å². The molecule has 3 N–H and O–H groups in total. The van der Waals surface area contributed by atoms with E-state index in [0.29, 0.717) is 19.7 Å². The lowest BCUT2D eigenvalue weighted by atomic mass is 9.97. The average molecular weight is 566 g/mol. The van der Waals surface area contributed by atoms with Crippen molar-refractivity contribution in [2.24, 2.45) is 16.6 Å². The Morgan fingerprint density at radius 3 is 2.76 bits per heavy atom. The average Bonchev–Trinajstić information content (AvgIpc) is 2.81. The quantitative estimate of drug-likeness (QED) is 0.290. The molecule has 9 heteroatoms. The van der Waals surface area contributed by atoms with E-state index in [1.165, 1.54) is 5.56 Å². The predicted molar refractivity (Wildman–Crippen MR) is 143 cm³/mol. The van der Waals surface area contributed by atoms with Crippen LogP contribution in [0.5, 0.6) is 5.75 Å². The van der Waals surface area contributed by atoms with Gasteiger partial charge in [-0.15, -0.1) is 24.0 Å². The summed E-state index contributed by atoms with van der Waals surface area (Å²) in [6.07, 6.45) is 3.57. The Balaban J connectivity index is 0.00000385. The van der Waals surface area contributed by atoms with Gasteiger partial charge in [0.2, 0.25) is 5.91 Å². The number of nitrogens with zero attached hydrogens (tertiary/aromatic N) is 4. The van der Waals surface area contributed by atoms with E-state index in [0.717, 1.165) is 49.0 Å². The highest BCUT2D eigenvalue weighted by molar-refractivity contribution is 14.0. The molecule has 180 valence electrons. The van der Waals surface area contributed by atoms with Crippen molar-refractivity contribution in [1.82, 2.24) is 15.2 Å². The number of anilines is 1. The minimum absolute atomic E-state index is 0. The number of pyridine rings is 1. The van der Waals surface area contributed by atoms with Crippen molar-refractivity contribution in [2.75, 3.05) is 38.7 Å². The Hall–Kier alpha value is -2.56. The number of guanidine groups is 1. The van der Waals surface area contributed by atoms with Gasteiger partial charge in [0.1, 0.15) is 11.6 Å². The fourth-order valence-corrected chi connectivity index (χ4v) is 4.02. The van der Waals surface area contributed by atoms with Gasteiger partial charge in [-0.1, -0.05) is 18.2 Å². The number of carbonyl (C=O) groups is 1. The maximum absolute atomic E-state index is 11.7. The number of nitrogens with one attached hydrogen (secondary N) is 1. The van der Waals surface area contributed by atoms with Crippen LogP contribution in [0, 0.1) is 5.92 Å². The van der Waals surface area contributed by atoms with E-state index in [1.807, 2.05) is 32.2 Å². The van der Waals surface area contributed by atoms with Crippen molar-refractivity contribution in [3.05, 3.63) is 53.7 Å². The number of aromatic nitrogens is 1. The van der Waals surface area contributed by atoms with E-state index < -0.39 is 0 Å². The summed E-state index contributed by atoms with van der Waals surface area (Å²) >= 11 is 0. The molecule has 0 saturated carbocycles. The molecule has 0 aliphatic carbocycles. The van der Waals surface area contributed by atoms with Crippen molar-refractivity contribution in [3.8, 4) is 5.75 Å². The van der Waals surface area contributed by atoms with Gasteiger partial charge in [0.25, 0.3) is 0 Å². The topological polar surface area (TPSA) is 96.1 Å².